The van der Waals surface area contributed by atoms with Gasteiger partial charge < -0.3 is 10.2 Å². The molecule has 19 heavy (non-hydrogen) atoms. The lowest BCUT2D eigenvalue weighted by Gasteiger charge is -2.41. The Morgan fingerprint density at radius 3 is 2.74 bits per heavy atom. The number of piperazine rings is 1. The highest BCUT2D eigenvalue weighted by molar-refractivity contribution is 6.35. The number of rotatable bonds is 1. The van der Waals surface area contributed by atoms with E-state index in [9.17, 15) is 9.59 Å². The summed E-state index contributed by atoms with van der Waals surface area (Å²) >= 11 is 11.9. The zero-order valence-electron chi connectivity index (χ0n) is 10.7. The second-order valence-electron chi connectivity index (χ2n) is 4.90. The summed E-state index contributed by atoms with van der Waals surface area (Å²) in [6.45, 7) is 4.29. The molecule has 2 amide bonds. The zero-order valence-corrected chi connectivity index (χ0v) is 12.2. The molecule has 102 valence electrons. The Kier molecular flexibility index (Phi) is 3.74. The molecule has 1 aromatic rings. The molecule has 0 bridgehead atoms. The normalized spacial score (nSPS) is 18.1. The van der Waals surface area contributed by atoms with E-state index in [4.69, 9.17) is 23.2 Å². The van der Waals surface area contributed by atoms with Gasteiger partial charge in [-0.25, -0.2) is 0 Å². The third-order valence-electron chi connectivity index (χ3n) is 3.26. The molecule has 2 rings (SSSR count). The predicted molar refractivity (Wildman–Crippen MR) is 74.6 cm³/mol. The molecule has 0 spiro atoms. The Hall–Kier alpha value is -1.26. The van der Waals surface area contributed by atoms with Gasteiger partial charge >= 0.3 is 0 Å². The Morgan fingerprint density at radius 2 is 2.05 bits per heavy atom. The first kappa shape index (κ1) is 14.2. The summed E-state index contributed by atoms with van der Waals surface area (Å²) in [4.78, 5) is 25.9. The highest BCUT2D eigenvalue weighted by atomic mass is 35.5. The molecule has 0 atom stereocenters. The van der Waals surface area contributed by atoms with E-state index in [-0.39, 0.29) is 11.8 Å². The van der Waals surface area contributed by atoms with Crippen molar-refractivity contribution >= 4 is 35.0 Å². The van der Waals surface area contributed by atoms with E-state index in [0.717, 1.165) is 0 Å². The molecular formula is C13H14Cl2N2O2. The number of nitrogens with one attached hydrogen (secondary N) is 1. The number of carbonyl (C=O) groups is 2. The monoisotopic (exact) mass is 300 g/mol. The summed E-state index contributed by atoms with van der Waals surface area (Å²) in [5.41, 5.74) is -0.585. The first-order valence-electron chi connectivity index (χ1n) is 5.89. The molecule has 1 fully saturated rings. The van der Waals surface area contributed by atoms with Crippen LogP contribution < -0.4 is 5.32 Å². The van der Waals surface area contributed by atoms with Crippen molar-refractivity contribution in [2.45, 2.75) is 19.4 Å². The molecule has 1 N–H and O–H groups in total. The summed E-state index contributed by atoms with van der Waals surface area (Å²) < 4.78 is 0. The molecule has 4 nitrogen and oxygen atoms in total. The van der Waals surface area contributed by atoms with Crippen LogP contribution >= 0.6 is 23.2 Å². The number of amides is 2. The van der Waals surface area contributed by atoms with Gasteiger partial charge in [0, 0.05) is 18.1 Å². The van der Waals surface area contributed by atoms with Crippen LogP contribution in [0.1, 0.15) is 24.2 Å². The van der Waals surface area contributed by atoms with Gasteiger partial charge in [0.05, 0.1) is 10.6 Å². The second-order valence-corrected chi connectivity index (χ2v) is 5.74. The Labute approximate surface area is 121 Å². The Bertz CT molecular complexity index is 543. The van der Waals surface area contributed by atoms with Crippen LogP contribution in [0.25, 0.3) is 0 Å². The van der Waals surface area contributed by atoms with Crippen molar-refractivity contribution in [2.75, 3.05) is 13.1 Å². The minimum absolute atomic E-state index is 0.176. The summed E-state index contributed by atoms with van der Waals surface area (Å²) in [7, 11) is 0. The first-order valence-corrected chi connectivity index (χ1v) is 6.65. The maximum absolute atomic E-state index is 12.5. The molecule has 6 heteroatoms. The van der Waals surface area contributed by atoms with Gasteiger partial charge in [0.2, 0.25) is 5.91 Å². The minimum Gasteiger partial charge on any atom is -0.352 e. The maximum Gasteiger partial charge on any atom is 0.256 e. The molecule has 0 aliphatic carbocycles. The van der Waals surface area contributed by atoms with Crippen molar-refractivity contribution in [2.24, 2.45) is 0 Å². The number of carbonyl (C=O) groups excluding carboxylic acids is 2. The molecule has 1 saturated heterocycles. The quantitative estimate of drug-likeness (QED) is 0.865. The highest BCUT2D eigenvalue weighted by Gasteiger charge is 2.41. The topological polar surface area (TPSA) is 49.4 Å². The van der Waals surface area contributed by atoms with E-state index >= 15 is 0 Å². The molecule has 0 unspecified atom stereocenters. The fourth-order valence-corrected chi connectivity index (χ4v) is 2.43. The average molecular weight is 301 g/mol. The van der Waals surface area contributed by atoms with Gasteiger partial charge in [0.15, 0.2) is 0 Å². The van der Waals surface area contributed by atoms with Crippen LogP contribution in [0.4, 0.5) is 0 Å². The van der Waals surface area contributed by atoms with Crippen molar-refractivity contribution in [1.82, 2.24) is 10.2 Å². The summed E-state index contributed by atoms with van der Waals surface area (Å²) in [5, 5.41) is 3.51. The maximum atomic E-state index is 12.5. The van der Waals surface area contributed by atoms with E-state index in [1.165, 1.54) is 11.0 Å². The third kappa shape index (κ3) is 2.55. The van der Waals surface area contributed by atoms with Crippen molar-refractivity contribution in [3.8, 4) is 0 Å². The van der Waals surface area contributed by atoms with Gasteiger partial charge in [-0.05, 0) is 32.0 Å². The number of hydrogen-bond donors (Lipinski definition) is 1. The molecular weight excluding hydrogens is 287 g/mol. The molecule has 1 aromatic carbocycles. The number of halogens is 2. The van der Waals surface area contributed by atoms with Gasteiger partial charge in [0.25, 0.3) is 5.91 Å². The van der Waals surface area contributed by atoms with E-state index in [1.807, 2.05) is 0 Å². The summed E-state index contributed by atoms with van der Waals surface area (Å²) in [5.74, 6) is -0.461. The zero-order chi connectivity index (χ0) is 14.2. The molecule has 1 aliphatic heterocycles. The van der Waals surface area contributed by atoms with Crippen molar-refractivity contribution in [1.29, 1.82) is 0 Å². The highest BCUT2D eigenvalue weighted by Crippen LogP contribution is 2.26. The Morgan fingerprint density at radius 1 is 1.37 bits per heavy atom. The molecule has 0 aromatic heterocycles. The van der Waals surface area contributed by atoms with E-state index in [2.05, 4.69) is 5.32 Å². The van der Waals surface area contributed by atoms with Crippen LogP contribution in [0, 0.1) is 0 Å². The minimum atomic E-state index is -0.902. The molecule has 1 aliphatic rings. The lowest BCUT2D eigenvalue weighted by Crippen LogP contribution is -2.63. The van der Waals surface area contributed by atoms with Crippen LogP contribution in [0.2, 0.25) is 10.0 Å². The lowest BCUT2D eigenvalue weighted by molar-refractivity contribution is -0.133. The standard InChI is InChI=1S/C13H14Cl2N2O2/c1-13(2)12(19)16-5-6-17(13)11(18)9-7-8(14)3-4-10(9)15/h3-4,7H,5-6H2,1-2H3,(H,16,19). The second kappa shape index (κ2) is 5.02. The lowest BCUT2D eigenvalue weighted by atomic mass is 9.97. The van der Waals surface area contributed by atoms with Gasteiger partial charge in [-0.1, -0.05) is 23.2 Å². The van der Waals surface area contributed by atoms with Crippen LogP contribution in [-0.2, 0) is 4.79 Å². The largest absolute Gasteiger partial charge is 0.352 e. The smallest absolute Gasteiger partial charge is 0.256 e. The number of hydrogen-bond acceptors (Lipinski definition) is 2. The van der Waals surface area contributed by atoms with Crippen molar-refractivity contribution in [3.05, 3.63) is 33.8 Å². The number of benzene rings is 1. The SMILES string of the molecule is CC1(C)C(=O)NCCN1C(=O)c1cc(Cl)ccc1Cl. The van der Waals surface area contributed by atoms with Crippen molar-refractivity contribution < 1.29 is 9.59 Å². The molecule has 1 heterocycles. The van der Waals surface area contributed by atoms with Crippen LogP contribution in [0.5, 0.6) is 0 Å². The predicted octanol–water partition coefficient (Wildman–Crippen LogP) is 2.34. The van der Waals surface area contributed by atoms with Crippen LogP contribution in [-0.4, -0.2) is 35.3 Å². The third-order valence-corrected chi connectivity index (χ3v) is 3.82. The fraction of sp³-hybridized carbons (Fsp3) is 0.385. The molecule has 0 saturated carbocycles. The average Bonchev–Trinajstić information content (AvgIpc) is 2.35. The van der Waals surface area contributed by atoms with Crippen LogP contribution in [0.3, 0.4) is 0 Å². The van der Waals surface area contributed by atoms with Gasteiger partial charge in [-0.3, -0.25) is 9.59 Å². The van der Waals surface area contributed by atoms with Gasteiger partial charge in [-0.15, -0.1) is 0 Å². The fourth-order valence-electron chi connectivity index (χ4n) is 2.06. The van der Waals surface area contributed by atoms with E-state index in [0.29, 0.717) is 28.7 Å². The van der Waals surface area contributed by atoms with Gasteiger partial charge in [-0.2, -0.15) is 0 Å². The van der Waals surface area contributed by atoms with Crippen LogP contribution in [0.15, 0.2) is 18.2 Å². The van der Waals surface area contributed by atoms with E-state index < -0.39 is 5.54 Å². The number of nitrogens with zero attached hydrogens (tertiary/aromatic N) is 1. The summed E-state index contributed by atoms with van der Waals surface area (Å²) in [6.07, 6.45) is 0. The summed E-state index contributed by atoms with van der Waals surface area (Å²) in [6, 6.07) is 4.72. The first-order chi connectivity index (χ1) is 8.84. The Balaban J connectivity index is 2.38. The van der Waals surface area contributed by atoms with Gasteiger partial charge in [0.1, 0.15) is 5.54 Å². The molecule has 0 radical (unpaired) electrons. The van der Waals surface area contributed by atoms with Crippen molar-refractivity contribution in [3.63, 3.8) is 0 Å². The van der Waals surface area contributed by atoms with E-state index in [1.54, 1.807) is 26.0 Å².